The van der Waals surface area contributed by atoms with E-state index in [1.165, 1.54) is 0 Å². The molecular weight excluding hydrogens is 190 g/mol. The molecule has 0 saturated heterocycles. The van der Waals surface area contributed by atoms with E-state index in [1.807, 2.05) is 24.3 Å². The van der Waals surface area contributed by atoms with Crippen LogP contribution in [0.3, 0.4) is 0 Å². The monoisotopic (exact) mass is 205 g/mol. The van der Waals surface area contributed by atoms with Gasteiger partial charge in [0.2, 0.25) is 5.91 Å². The molecule has 0 spiro atoms. The summed E-state index contributed by atoms with van der Waals surface area (Å²) in [5.41, 5.74) is 0.857. The highest BCUT2D eigenvalue weighted by molar-refractivity contribution is 5.93. The number of amides is 1. The van der Waals surface area contributed by atoms with Crippen molar-refractivity contribution in [2.75, 3.05) is 11.4 Å². The van der Waals surface area contributed by atoms with Crippen molar-refractivity contribution in [2.24, 2.45) is 0 Å². The number of benzene rings is 1. The Labute approximate surface area is 89.3 Å². The molecule has 0 saturated carbocycles. The highest BCUT2D eigenvalue weighted by Crippen LogP contribution is 2.37. The minimum Gasteiger partial charge on any atom is -0.385 e. The highest BCUT2D eigenvalue weighted by Gasteiger charge is 2.33. The topological polar surface area (TPSA) is 40.5 Å². The second-order valence-corrected chi connectivity index (χ2v) is 4.21. The van der Waals surface area contributed by atoms with E-state index >= 15 is 0 Å². The lowest BCUT2D eigenvalue weighted by Crippen LogP contribution is -2.41. The third kappa shape index (κ3) is 1.63. The van der Waals surface area contributed by atoms with Gasteiger partial charge in [-0.25, -0.2) is 0 Å². The number of hydrogen-bond donors (Lipinski definition) is 1. The summed E-state index contributed by atoms with van der Waals surface area (Å²) >= 11 is 0. The van der Waals surface area contributed by atoms with Crippen molar-refractivity contribution in [3.05, 3.63) is 29.8 Å². The fourth-order valence-corrected chi connectivity index (χ4v) is 2.08. The molecule has 0 bridgehead atoms. The van der Waals surface area contributed by atoms with Gasteiger partial charge in [0.25, 0.3) is 0 Å². The number of fused-ring (bicyclic) bond motifs is 1. The fourth-order valence-electron chi connectivity index (χ4n) is 2.08. The number of carbonyl (C=O) groups excluding carboxylic acids is 1. The van der Waals surface area contributed by atoms with Crippen LogP contribution >= 0.6 is 0 Å². The van der Waals surface area contributed by atoms with Crippen LogP contribution in [0, 0.1) is 0 Å². The summed E-state index contributed by atoms with van der Waals surface area (Å²) in [7, 11) is 0. The van der Waals surface area contributed by atoms with Crippen molar-refractivity contribution in [1.82, 2.24) is 0 Å². The average molecular weight is 205 g/mol. The Hall–Kier alpha value is -1.35. The van der Waals surface area contributed by atoms with Gasteiger partial charge in [-0.05, 0) is 19.4 Å². The molecular formula is C12H15NO2. The summed E-state index contributed by atoms with van der Waals surface area (Å²) in [6.07, 6.45) is 0.587. The maximum absolute atomic E-state index is 11.4. The Morgan fingerprint density at radius 1 is 1.47 bits per heavy atom. The van der Waals surface area contributed by atoms with Gasteiger partial charge in [-0.3, -0.25) is 4.79 Å². The number of hydrogen-bond acceptors (Lipinski definition) is 2. The predicted molar refractivity (Wildman–Crippen MR) is 58.7 cm³/mol. The molecule has 1 aromatic rings. The van der Waals surface area contributed by atoms with E-state index in [4.69, 9.17) is 0 Å². The van der Waals surface area contributed by atoms with Gasteiger partial charge in [0.15, 0.2) is 0 Å². The first-order valence-corrected chi connectivity index (χ1v) is 5.12. The van der Waals surface area contributed by atoms with Gasteiger partial charge < -0.3 is 10.0 Å². The van der Waals surface area contributed by atoms with Crippen LogP contribution in [0.1, 0.15) is 25.8 Å². The van der Waals surface area contributed by atoms with E-state index in [1.54, 1.807) is 18.7 Å². The maximum Gasteiger partial charge on any atom is 0.223 e. The minimum absolute atomic E-state index is 0.0259. The number of aliphatic hydroxyl groups is 1. The van der Waals surface area contributed by atoms with Gasteiger partial charge in [0.05, 0.1) is 5.60 Å². The van der Waals surface area contributed by atoms with Crippen molar-refractivity contribution >= 4 is 11.6 Å². The molecule has 1 aromatic carbocycles. The van der Waals surface area contributed by atoms with Gasteiger partial charge in [-0.1, -0.05) is 18.2 Å². The van der Waals surface area contributed by atoms with Crippen molar-refractivity contribution < 1.29 is 9.90 Å². The molecule has 0 aromatic heterocycles. The van der Waals surface area contributed by atoms with Crippen LogP contribution in [0.2, 0.25) is 0 Å². The molecule has 3 heteroatoms. The number of anilines is 1. The molecule has 80 valence electrons. The Balaban J connectivity index is 2.53. The average Bonchev–Trinajstić information content (AvgIpc) is 2.17. The lowest BCUT2D eigenvalue weighted by Gasteiger charge is -2.37. The molecule has 1 amide bonds. The van der Waals surface area contributed by atoms with Crippen LogP contribution in [0.5, 0.6) is 0 Å². The smallest absolute Gasteiger partial charge is 0.223 e. The van der Waals surface area contributed by atoms with E-state index in [2.05, 4.69) is 0 Å². The third-order valence-electron chi connectivity index (χ3n) is 2.98. The quantitative estimate of drug-likeness (QED) is 0.699. The van der Waals surface area contributed by atoms with Gasteiger partial charge in [-0.15, -0.1) is 0 Å². The lowest BCUT2D eigenvalue weighted by atomic mass is 9.87. The lowest BCUT2D eigenvalue weighted by molar-refractivity contribution is -0.116. The molecule has 0 radical (unpaired) electrons. The van der Waals surface area contributed by atoms with E-state index < -0.39 is 5.60 Å². The number of carbonyl (C=O) groups is 1. The van der Waals surface area contributed by atoms with Crippen LogP contribution in [0.15, 0.2) is 24.3 Å². The SMILES string of the molecule is CC(=O)N1CCC(C)(O)c2ccccc21. The number of nitrogens with zero attached hydrogens (tertiary/aromatic N) is 1. The first kappa shape index (κ1) is 10.2. The second-order valence-electron chi connectivity index (χ2n) is 4.21. The Morgan fingerprint density at radius 3 is 2.80 bits per heavy atom. The zero-order chi connectivity index (χ0) is 11.1. The summed E-state index contributed by atoms with van der Waals surface area (Å²) in [5, 5.41) is 10.2. The van der Waals surface area contributed by atoms with Crippen LogP contribution in [-0.2, 0) is 10.4 Å². The van der Waals surface area contributed by atoms with E-state index in [0.29, 0.717) is 13.0 Å². The molecule has 0 aliphatic carbocycles. The molecule has 1 unspecified atom stereocenters. The molecule has 1 aliphatic rings. The normalized spacial score (nSPS) is 24.9. The second kappa shape index (κ2) is 3.35. The van der Waals surface area contributed by atoms with E-state index in [-0.39, 0.29) is 5.91 Å². The van der Waals surface area contributed by atoms with Crippen molar-refractivity contribution in [2.45, 2.75) is 25.9 Å². The van der Waals surface area contributed by atoms with Crippen molar-refractivity contribution in [1.29, 1.82) is 0 Å². The summed E-state index contributed by atoms with van der Waals surface area (Å²) in [6.45, 7) is 3.93. The molecule has 1 atom stereocenters. The minimum atomic E-state index is -0.817. The Kier molecular flexibility index (Phi) is 2.27. The van der Waals surface area contributed by atoms with E-state index in [0.717, 1.165) is 11.3 Å². The first-order chi connectivity index (χ1) is 7.02. The van der Waals surface area contributed by atoms with Crippen molar-refractivity contribution in [3.63, 3.8) is 0 Å². The standard InChI is InChI=1S/C12H15NO2/c1-9(14)13-8-7-12(2,15)10-5-3-4-6-11(10)13/h3-6,15H,7-8H2,1-2H3. The molecule has 2 rings (SSSR count). The highest BCUT2D eigenvalue weighted by atomic mass is 16.3. The molecule has 15 heavy (non-hydrogen) atoms. The summed E-state index contributed by atoms with van der Waals surface area (Å²) in [6, 6.07) is 7.53. The zero-order valence-electron chi connectivity index (χ0n) is 9.03. The fraction of sp³-hybridized carbons (Fsp3) is 0.417. The van der Waals surface area contributed by atoms with Crippen LogP contribution in [0.4, 0.5) is 5.69 Å². The van der Waals surface area contributed by atoms with Crippen molar-refractivity contribution in [3.8, 4) is 0 Å². The Bertz CT molecular complexity index is 398. The summed E-state index contributed by atoms with van der Waals surface area (Å²) in [4.78, 5) is 13.1. The summed E-state index contributed by atoms with van der Waals surface area (Å²) in [5.74, 6) is 0.0259. The largest absolute Gasteiger partial charge is 0.385 e. The molecule has 0 fully saturated rings. The van der Waals surface area contributed by atoms with Crippen LogP contribution in [0.25, 0.3) is 0 Å². The predicted octanol–water partition coefficient (Wildman–Crippen LogP) is 1.65. The molecule has 3 nitrogen and oxygen atoms in total. The molecule has 1 heterocycles. The third-order valence-corrected chi connectivity index (χ3v) is 2.98. The van der Waals surface area contributed by atoms with Gasteiger partial charge >= 0.3 is 0 Å². The maximum atomic E-state index is 11.4. The summed E-state index contributed by atoms with van der Waals surface area (Å²) < 4.78 is 0. The van der Waals surface area contributed by atoms with Gasteiger partial charge in [-0.2, -0.15) is 0 Å². The van der Waals surface area contributed by atoms with E-state index in [9.17, 15) is 9.90 Å². The molecule has 1 aliphatic heterocycles. The van der Waals surface area contributed by atoms with Gasteiger partial charge in [0.1, 0.15) is 0 Å². The first-order valence-electron chi connectivity index (χ1n) is 5.12. The number of rotatable bonds is 0. The number of para-hydroxylation sites is 1. The molecule has 1 N–H and O–H groups in total. The Morgan fingerprint density at radius 2 is 2.13 bits per heavy atom. The zero-order valence-corrected chi connectivity index (χ0v) is 9.03. The van der Waals surface area contributed by atoms with Gasteiger partial charge in [0, 0.05) is 24.7 Å². The van der Waals surface area contributed by atoms with Crippen LogP contribution < -0.4 is 4.90 Å². The van der Waals surface area contributed by atoms with Crippen LogP contribution in [-0.4, -0.2) is 17.6 Å².